The lowest BCUT2D eigenvalue weighted by Gasteiger charge is -2.35. The average Bonchev–Trinajstić information content (AvgIpc) is 2.15. The zero-order valence-electron chi connectivity index (χ0n) is 8.97. The van der Waals surface area contributed by atoms with Crippen LogP contribution < -0.4 is 5.32 Å². The van der Waals surface area contributed by atoms with Crippen molar-refractivity contribution in [1.29, 1.82) is 0 Å². The molecule has 1 saturated heterocycles. The number of hydrogen-bond donors (Lipinski definition) is 2. The summed E-state index contributed by atoms with van der Waals surface area (Å²) < 4.78 is 0. The Labute approximate surface area is 81.7 Å². The lowest BCUT2D eigenvalue weighted by atomic mass is 9.81. The lowest BCUT2D eigenvalue weighted by molar-refractivity contribution is -0.0127. The maximum atomic E-state index is 10.3. The van der Waals surface area contributed by atoms with Gasteiger partial charge in [-0.2, -0.15) is 0 Å². The topological polar surface area (TPSA) is 32.3 Å². The van der Waals surface area contributed by atoms with E-state index < -0.39 is 0 Å². The van der Waals surface area contributed by atoms with Gasteiger partial charge < -0.3 is 10.4 Å². The maximum absolute atomic E-state index is 10.3. The van der Waals surface area contributed by atoms with Crippen LogP contribution in [-0.2, 0) is 0 Å². The molecule has 0 aromatic heterocycles. The van der Waals surface area contributed by atoms with E-state index >= 15 is 0 Å². The summed E-state index contributed by atoms with van der Waals surface area (Å²) in [5.41, 5.74) is -0.359. The molecule has 13 heavy (non-hydrogen) atoms. The molecule has 1 rings (SSSR count). The van der Waals surface area contributed by atoms with E-state index in [0.29, 0.717) is 5.92 Å². The number of nitrogens with one attached hydrogen (secondary N) is 1. The van der Waals surface area contributed by atoms with Gasteiger partial charge in [-0.3, -0.25) is 0 Å². The molecule has 1 fully saturated rings. The molecule has 0 atom stereocenters. The van der Waals surface area contributed by atoms with Gasteiger partial charge in [0.15, 0.2) is 0 Å². The minimum atomic E-state index is -0.359. The summed E-state index contributed by atoms with van der Waals surface area (Å²) in [6.07, 6.45) is 5.27. The van der Waals surface area contributed by atoms with Gasteiger partial charge in [-0.1, -0.05) is 26.7 Å². The van der Waals surface area contributed by atoms with Crippen molar-refractivity contribution in [3.63, 3.8) is 0 Å². The highest BCUT2D eigenvalue weighted by Gasteiger charge is 2.30. The number of piperidine rings is 1. The summed E-state index contributed by atoms with van der Waals surface area (Å²) >= 11 is 0. The van der Waals surface area contributed by atoms with Crippen LogP contribution in [0, 0.1) is 5.92 Å². The van der Waals surface area contributed by atoms with E-state index in [-0.39, 0.29) is 5.60 Å². The Balaban J connectivity index is 2.39. The van der Waals surface area contributed by atoms with Crippen LogP contribution in [0.15, 0.2) is 0 Å². The fourth-order valence-corrected chi connectivity index (χ4v) is 2.21. The van der Waals surface area contributed by atoms with Crippen molar-refractivity contribution < 1.29 is 5.11 Å². The second-order valence-electron chi connectivity index (χ2n) is 4.36. The van der Waals surface area contributed by atoms with Crippen LogP contribution in [0.25, 0.3) is 0 Å². The number of rotatable bonds is 4. The minimum absolute atomic E-state index is 0.359. The molecule has 0 spiro atoms. The Bertz CT molecular complexity index is 137. The zero-order chi connectivity index (χ0) is 9.73. The van der Waals surface area contributed by atoms with Crippen LogP contribution in [0.1, 0.15) is 46.0 Å². The predicted octanol–water partition coefficient (Wildman–Crippen LogP) is 1.93. The van der Waals surface area contributed by atoms with Gasteiger partial charge in [-0.25, -0.2) is 0 Å². The molecule has 0 saturated carbocycles. The smallest absolute Gasteiger partial charge is 0.0674 e. The van der Waals surface area contributed by atoms with Gasteiger partial charge >= 0.3 is 0 Å². The van der Waals surface area contributed by atoms with Gasteiger partial charge in [-0.15, -0.1) is 0 Å². The average molecular weight is 185 g/mol. The van der Waals surface area contributed by atoms with Crippen LogP contribution >= 0.6 is 0 Å². The molecule has 0 unspecified atom stereocenters. The van der Waals surface area contributed by atoms with Crippen molar-refractivity contribution in [3.05, 3.63) is 0 Å². The molecule has 1 aliphatic heterocycles. The summed E-state index contributed by atoms with van der Waals surface area (Å²) in [7, 11) is 0. The summed E-state index contributed by atoms with van der Waals surface area (Å²) in [6, 6.07) is 0. The van der Waals surface area contributed by atoms with Gasteiger partial charge in [0.05, 0.1) is 5.60 Å². The van der Waals surface area contributed by atoms with Crippen LogP contribution in [0.5, 0.6) is 0 Å². The highest BCUT2D eigenvalue weighted by Crippen LogP contribution is 2.29. The third kappa shape index (κ3) is 3.28. The molecule has 0 radical (unpaired) electrons. The Morgan fingerprint density at radius 3 is 2.23 bits per heavy atom. The highest BCUT2D eigenvalue weighted by atomic mass is 16.3. The van der Waals surface area contributed by atoms with Crippen molar-refractivity contribution in [2.45, 2.75) is 51.6 Å². The van der Waals surface area contributed by atoms with Crippen LogP contribution in [0.2, 0.25) is 0 Å². The molecule has 1 aliphatic rings. The Kier molecular flexibility index (Phi) is 4.20. The van der Waals surface area contributed by atoms with Crippen LogP contribution in [0.4, 0.5) is 0 Å². The molecule has 78 valence electrons. The second-order valence-corrected chi connectivity index (χ2v) is 4.36. The van der Waals surface area contributed by atoms with Crippen molar-refractivity contribution in [2.24, 2.45) is 5.92 Å². The Morgan fingerprint density at radius 2 is 1.77 bits per heavy atom. The molecule has 2 nitrogen and oxygen atoms in total. The minimum Gasteiger partial charge on any atom is -0.390 e. The van der Waals surface area contributed by atoms with E-state index in [1.165, 1.54) is 12.8 Å². The maximum Gasteiger partial charge on any atom is 0.0674 e. The number of hydrogen-bond acceptors (Lipinski definition) is 2. The van der Waals surface area contributed by atoms with E-state index in [1.54, 1.807) is 0 Å². The van der Waals surface area contributed by atoms with Crippen LogP contribution in [-0.4, -0.2) is 23.8 Å². The van der Waals surface area contributed by atoms with Gasteiger partial charge in [0, 0.05) is 0 Å². The van der Waals surface area contributed by atoms with Crippen molar-refractivity contribution in [2.75, 3.05) is 13.1 Å². The first-order valence-electron chi connectivity index (χ1n) is 5.63. The Morgan fingerprint density at radius 1 is 1.23 bits per heavy atom. The first-order chi connectivity index (χ1) is 6.20. The van der Waals surface area contributed by atoms with Crippen molar-refractivity contribution >= 4 is 0 Å². The molecule has 0 aromatic rings. The second kappa shape index (κ2) is 4.97. The number of aliphatic hydroxyl groups is 1. The van der Waals surface area contributed by atoms with E-state index in [4.69, 9.17) is 0 Å². The third-order valence-electron chi connectivity index (χ3n) is 3.36. The van der Waals surface area contributed by atoms with Crippen molar-refractivity contribution in [3.8, 4) is 0 Å². The first kappa shape index (κ1) is 11.0. The molecule has 1 heterocycles. The largest absolute Gasteiger partial charge is 0.390 e. The first-order valence-corrected chi connectivity index (χ1v) is 5.63. The molecule has 0 bridgehead atoms. The van der Waals surface area contributed by atoms with Gasteiger partial charge in [0.25, 0.3) is 0 Å². The SMILES string of the molecule is CCC(CC)CC1(O)CCNCC1. The normalized spacial score (nSPS) is 22.2. The van der Waals surface area contributed by atoms with E-state index in [1.807, 2.05) is 0 Å². The molecule has 0 aliphatic carbocycles. The Hall–Kier alpha value is -0.0800. The lowest BCUT2D eigenvalue weighted by Crippen LogP contribution is -2.43. The molecule has 0 amide bonds. The summed E-state index contributed by atoms with van der Waals surface area (Å²) in [4.78, 5) is 0. The molecule has 2 N–H and O–H groups in total. The predicted molar refractivity (Wildman–Crippen MR) is 55.7 cm³/mol. The fourth-order valence-electron chi connectivity index (χ4n) is 2.21. The zero-order valence-corrected chi connectivity index (χ0v) is 8.97. The quantitative estimate of drug-likeness (QED) is 0.701. The summed E-state index contributed by atoms with van der Waals surface area (Å²) in [5.74, 6) is 0.711. The fraction of sp³-hybridized carbons (Fsp3) is 1.00. The molecule has 0 aromatic carbocycles. The van der Waals surface area contributed by atoms with Gasteiger partial charge in [0.1, 0.15) is 0 Å². The van der Waals surface area contributed by atoms with Crippen LogP contribution in [0.3, 0.4) is 0 Å². The summed E-state index contributed by atoms with van der Waals surface area (Å²) in [5, 5.41) is 13.6. The monoisotopic (exact) mass is 185 g/mol. The highest BCUT2D eigenvalue weighted by molar-refractivity contribution is 4.85. The van der Waals surface area contributed by atoms with E-state index in [0.717, 1.165) is 32.4 Å². The van der Waals surface area contributed by atoms with Gasteiger partial charge in [-0.05, 0) is 38.3 Å². The standard InChI is InChI=1S/C11H23NO/c1-3-10(4-2)9-11(13)5-7-12-8-6-11/h10,12-13H,3-9H2,1-2H3. The summed E-state index contributed by atoms with van der Waals surface area (Å²) in [6.45, 7) is 6.41. The molecule has 2 heteroatoms. The van der Waals surface area contributed by atoms with E-state index in [2.05, 4.69) is 19.2 Å². The van der Waals surface area contributed by atoms with Gasteiger partial charge in [0.2, 0.25) is 0 Å². The van der Waals surface area contributed by atoms with Crippen molar-refractivity contribution in [1.82, 2.24) is 5.32 Å². The molecular weight excluding hydrogens is 162 g/mol. The molecular formula is C11H23NO. The van der Waals surface area contributed by atoms with E-state index in [9.17, 15) is 5.11 Å². The third-order valence-corrected chi connectivity index (χ3v) is 3.36.